The van der Waals surface area contributed by atoms with Crippen LogP contribution in [0, 0.1) is 0 Å². The van der Waals surface area contributed by atoms with Crippen LogP contribution in [-0.4, -0.2) is 36.0 Å². The van der Waals surface area contributed by atoms with Gasteiger partial charge in [0, 0.05) is 35.4 Å². The summed E-state index contributed by atoms with van der Waals surface area (Å²) in [6, 6.07) is 1.70. The highest BCUT2D eigenvalue weighted by molar-refractivity contribution is 7.10. The summed E-state index contributed by atoms with van der Waals surface area (Å²) in [4.78, 5) is 16.4. The Morgan fingerprint density at radius 1 is 1.23 bits per heavy atom. The molecule has 1 aromatic rings. The van der Waals surface area contributed by atoms with E-state index in [1.807, 2.05) is 11.9 Å². The molecule has 1 N–H and O–H groups in total. The van der Waals surface area contributed by atoms with Crippen LogP contribution in [0.5, 0.6) is 0 Å². The van der Waals surface area contributed by atoms with E-state index in [0.717, 1.165) is 24.8 Å². The number of hydrogen-bond acceptors (Lipinski definition) is 3. The van der Waals surface area contributed by atoms with Gasteiger partial charge in [-0.25, -0.2) is 0 Å². The molecule has 3 nitrogen and oxygen atoms in total. The number of hydrogen-bond donors (Lipinski definition) is 1. The Morgan fingerprint density at radius 3 is 2.64 bits per heavy atom. The Labute approximate surface area is 142 Å². The number of amides is 1. The lowest BCUT2D eigenvalue weighted by Crippen LogP contribution is -2.48. The third kappa shape index (κ3) is 2.81. The SMILES string of the molecule is CN(C(=O)c1csc2c1CCCC2)C1CC2CCC(C1)N2.Cl. The Morgan fingerprint density at radius 2 is 1.91 bits per heavy atom. The topological polar surface area (TPSA) is 32.3 Å². The fourth-order valence-corrected chi connectivity index (χ4v) is 5.49. The molecule has 2 fully saturated rings. The lowest BCUT2D eigenvalue weighted by molar-refractivity contribution is 0.0681. The van der Waals surface area contributed by atoms with Gasteiger partial charge in [-0.05, 0) is 56.9 Å². The first-order valence-electron chi connectivity index (χ1n) is 8.35. The average molecular weight is 341 g/mol. The van der Waals surface area contributed by atoms with Gasteiger partial charge in [0.1, 0.15) is 0 Å². The molecule has 3 aliphatic rings. The van der Waals surface area contributed by atoms with Crippen molar-refractivity contribution in [1.82, 2.24) is 10.2 Å². The molecular weight excluding hydrogens is 316 g/mol. The fraction of sp³-hybridized carbons (Fsp3) is 0.706. The minimum Gasteiger partial charge on any atom is -0.339 e. The molecule has 122 valence electrons. The van der Waals surface area contributed by atoms with Crippen LogP contribution in [-0.2, 0) is 12.8 Å². The van der Waals surface area contributed by atoms with Crippen LogP contribution < -0.4 is 5.32 Å². The molecular formula is C17H25ClN2OS. The summed E-state index contributed by atoms with van der Waals surface area (Å²) in [5, 5.41) is 5.78. The normalized spacial score (nSPS) is 29.6. The zero-order chi connectivity index (χ0) is 14.4. The van der Waals surface area contributed by atoms with Crippen LogP contribution >= 0.6 is 23.7 Å². The van der Waals surface area contributed by atoms with E-state index >= 15 is 0 Å². The number of piperidine rings is 1. The quantitative estimate of drug-likeness (QED) is 0.894. The molecule has 3 heterocycles. The van der Waals surface area contributed by atoms with Gasteiger partial charge in [-0.1, -0.05) is 0 Å². The summed E-state index contributed by atoms with van der Waals surface area (Å²) in [6.45, 7) is 0. The van der Waals surface area contributed by atoms with Crippen molar-refractivity contribution in [2.24, 2.45) is 0 Å². The molecule has 1 aromatic heterocycles. The number of nitrogens with one attached hydrogen (secondary N) is 1. The lowest BCUT2D eigenvalue weighted by Gasteiger charge is -2.35. The second kappa shape index (κ2) is 6.50. The molecule has 5 heteroatoms. The van der Waals surface area contributed by atoms with Crippen LogP contribution in [0.1, 0.15) is 59.3 Å². The Balaban J connectivity index is 0.00000144. The summed E-state index contributed by atoms with van der Waals surface area (Å²) in [7, 11) is 2.02. The van der Waals surface area contributed by atoms with Gasteiger partial charge < -0.3 is 10.2 Å². The van der Waals surface area contributed by atoms with Crippen molar-refractivity contribution in [2.45, 2.75) is 69.5 Å². The standard InChI is InChI=1S/C17H24N2OS.ClH/c1-19(13-8-11-6-7-12(9-13)18-11)17(20)15-10-21-16-5-3-2-4-14(15)16;/h10-13,18H,2-9H2,1H3;1H. The molecule has 2 unspecified atom stereocenters. The largest absolute Gasteiger partial charge is 0.339 e. The van der Waals surface area contributed by atoms with Crippen LogP contribution in [0.4, 0.5) is 0 Å². The molecule has 4 rings (SSSR count). The van der Waals surface area contributed by atoms with Crippen molar-refractivity contribution in [3.8, 4) is 0 Å². The number of nitrogens with zero attached hydrogens (tertiary/aromatic N) is 1. The Bertz CT molecular complexity index is 547. The number of halogens is 1. The average Bonchev–Trinajstić information content (AvgIpc) is 3.09. The third-order valence-electron chi connectivity index (χ3n) is 5.61. The molecule has 0 spiro atoms. The fourth-order valence-electron chi connectivity index (χ4n) is 4.37. The maximum absolute atomic E-state index is 12.9. The number of carbonyl (C=O) groups excluding carboxylic acids is 1. The second-order valence-electron chi connectivity index (χ2n) is 6.94. The Kier molecular flexibility index (Phi) is 4.81. The van der Waals surface area contributed by atoms with Crippen molar-refractivity contribution in [3.63, 3.8) is 0 Å². The molecule has 2 saturated heterocycles. The van der Waals surface area contributed by atoms with Crippen molar-refractivity contribution in [2.75, 3.05) is 7.05 Å². The van der Waals surface area contributed by atoms with Gasteiger partial charge in [0.05, 0.1) is 5.56 Å². The van der Waals surface area contributed by atoms with Crippen molar-refractivity contribution in [1.29, 1.82) is 0 Å². The van der Waals surface area contributed by atoms with Gasteiger partial charge in [-0.2, -0.15) is 0 Å². The molecule has 0 radical (unpaired) electrons. The van der Waals surface area contributed by atoms with Crippen LogP contribution in [0.15, 0.2) is 5.38 Å². The minimum atomic E-state index is 0. The number of carbonyl (C=O) groups is 1. The van der Waals surface area contributed by atoms with E-state index < -0.39 is 0 Å². The predicted molar refractivity (Wildman–Crippen MR) is 93.3 cm³/mol. The highest BCUT2D eigenvalue weighted by Gasteiger charge is 2.37. The summed E-state index contributed by atoms with van der Waals surface area (Å²) >= 11 is 1.80. The second-order valence-corrected chi connectivity index (χ2v) is 7.90. The molecule has 1 aliphatic carbocycles. The van der Waals surface area contributed by atoms with E-state index in [9.17, 15) is 4.79 Å². The van der Waals surface area contributed by atoms with Gasteiger partial charge in [0.25, 0.3) is 5.91 Å². The summed E-state index contributed by atoms with van der Waals surface area (Å²) in [5.41, 5.74) is 2.36. The zero-order valence-corrected chi connectivity index (χ0v) is 14.8. The van der Waals surface area contributed by atoms with E-state index in [-0.39, 0.29) is 18.3 Å². The monoisotopic (exact) mass is 340 g/mol. The molecule has 22 heavy (non-hydrogen) atoms. The molecule has 2 atom stereocenters. The minimum absolute atomic E-state index is 0. The predicted octanol–water partition coefficient (Wildman–Crippen LogP) is 3.40. The number of rotatable bonds is 2. The number of fused-ring (bicyclic) bond motifs is 3. The molecule has 0 aromatic carbocycles. The van der Waals surface area contributed by atoms with Crippen LogP contribution in [0.2, 0.25) is 0 Å². The highest BCUT2D eigenvalue weighted by atomic mass is 35.5. The first-order chi connectivity index (χ1) is 10.2. The van der Waals surface area contributed by atoms with E-state index in [1.54, 1.807) is 11.3 Å². The Hall–Kier alpha value is -0.580. The van der Waals surface area contributed by atoms with Crippen molar-refractivity contribution < 1.29 is 4.79 Å². The lowest BCUT2D eigenvalue weighted by atomic mass is 9.94. The van der Waals surface area contributed by atoms with E-state index in [0.29, 0.717) is 18.1 Å². The number of aryl methyl sites for hydroxylation is 1. The summed E-state index contributed by atoms with van der Waals surface area (Å²) in [6.07, 6.45) is 9.64. The van der Waals surface area contributed by atoms with Crippen molar-refractivity contribution in [3.05, 3.63) is 21.4 Å². The van der Waals surface area contributed by atoms with E-state index in [4.69, 9.17) is 0 Å². The van der Waals surface area contributed by atoms with E-state index in [1.165, 1.54) is 42.5 Å². The van der Waals surface area contributed by atoms with E-state index in [2.05, 4.69) is 10.7 Å². The third-order valence-corrected chi connectivity index (χ3v) is 6.70. The van der Waals surface area contributed by atoms with Gasteiger partial charge >= 0.3 is 0 Å². The van der Waals surface area contributed by atoms with Crippen molar-refractivity contribution >= 4 is 29.7 Å². The maximum Gasteiger partial charge on any atom is 0.254 e. The molecule has 1 amide bonds. The van der Waals surface area contributed by atoms with Gasteiger partial charge in [-0.15, -0.1) is 23.7 Å². The molecule has 2 aliphatic heterocycles. The smallest absolute Gasteiger partial charge is 0.254 e. The van der Waals surface area contributed by atoms with Gasteiger partial charge in [0.2, 0.25) is 0 Å². The number of thiophene rings is 1. The van der Waals surface area contributed by atoms with Crippen LogP contribution in [0.25, 0.3) is 0 Å². The summed E-state index contributed by atoms with van der Waals surface area (Å²) in [5.74, 6) is 0.265. The first kappa shape index (κ1) is 16.3. The first-order valence-corrected chi connectivity index (χ1v) is 9.23. The maximum atomic E-state index is 12.9. The van der Waals surface area contributed by atoms with Gasteiger partial charge in [-0.3, -0.25) is 4.79 Å². The van der Waals surface area contributed by atoms with Crippen LogP contribution in [0.3, 0.4) is 0 Å². The molecule has 0 saturated carbocycles. The molecule has 2 bridgehead atoms. The zero-order valence-electron chi connectivity index (χ0n) is 13.1. The highest BCUT2D eigenvalue weighted by Crippen LogP contribution is 2.33. The summed E-state index contributed by atoms with van der Waals surface area (Å²) < 4.78 is 0. The van der Waals surface area contributed by atoms with Gasteiger partial charge in [0.15, 0.2) is 0 Å².